The molecule has 2 aromatic carbocycles. The highest BCUT2D eigenvalue weighted by Gasteiger charge is 2.33. The first-order valence-electron chi connectivity index (χ1n) is 7.25. The molecule has 0 spiro atoms. The average Bonchev–Trinajstić information content (AvgIpc) is 2.55. The van der Waals surface area contributed by atoms with Gasteiger partial charge in [0.2, 0.25) is 0 Å². The van der Waals surface area contributed by atoms with Crippen molar-refractivity contribution in [3.05, 3.63) is 71.8 Å². The van der Waals surface area contributed by atoms with Crippen LogP contribution in [0.25, 0.3) is 0 Å². The SMILES string of the molecule is CCC(C)(C(=O)CC(=O)c1ccccc1)c1ccccc1. The molecular weight excluding hydrogens is 260 g/mol. The Bertz CT molecular complexity index is 617. The van der Waals surface area contributed by atoms with Gasteiger partial charge in [0.05, 0.1) is 11.8 Å². The van der Waals surface area contributed by atoms with Crippen LogP contribution in [0.3, 0.4) is 0 Å². The molecule has 1 atom stereocenters. The van der Waals surface area contributed by atoms with Crippen LogP contribution in [0.1, 0.15) is 42.6 Å². The Morgan fingerprint density at radius 3 is 1.95 bits per heavy atom. The molecule has 21 heavy (non-hydrogen) atoms. The van der Waals surface area contributed by atoms with E-state index in [1.54, 1.807) is 12.1 Å². The fraction of sp³-hybridized carbons (Fsp3) is 0.263. The van der Waals surface area contributed by atoms with E-state index in [4.69, 9.17) is 0 Å². The maximum absolute atomic E-state index is 12.7. The Hall–Kier alpha value is -2.22. The second kappa shape index (κ2) is 6.49. The molecule has 0 heterocycles. The highest BCUT2D eigenvalue weighted by Crippen LogP contribution is 2.30. The molecule has 0 radical (unpaired) electrons. The summed E-state index contributed by atoms with van der Waals surface area (Å²) in [7, 11) is 0. The van der Waals surface area contributed by atoms with Crippen LogP contribution in [0.2, 0.25) is 0 Å². The van der Waals surface area contributed by atoms with Gasteiger partial charge in [-0.05, 0) is 18.9 Å². The van der Waals surface area contributed by atoms with Gasteiger partial charge in [0.15, 0.2) is 11.6 Å². The Morgan fingerprint density at radius 2 is 1.43 bits per heavy atom. The van der Waals surface area contributed by atoms with Crippen LogP contribution in [-0.2, 0) is 10.2 Å². The van der Waals surface area contributed by atoms with Crippen molar-refractivity contribution in [2.24, 2.45) is 0 Å². The Balaban J connectivity index is 2.20. The number of carbonyl (C=O) groups is 2. The largest absolute Gasteiger partial charge is 0.298 e. The molecule has 0 saturated carbocycles. The second-order valence-corrected chi connectivity index (χ2v) is 5.44. The Labute approximate surface area is 125 Å². The molecule has 0 aromatic heterocycles. The van der Waals surface area contributed by atoms with Crippen molar-refractivity contribution in [2.45, 2.75) is 32.1 Å². The quantitative estimate of drug-likeness (QED) is 0.587. The van der Waals surface area contributed by atoms with E-state index in [-0.39, 0.29) is 18.0 Å². The molecule has 0 aliphatic heterocycles. The molecule has 1 unspecified atom stereocenters. The van der Waals surface area contributed by atoms with Gasteiger partial charge < -0.3 is 0 Å². The third-order valence-corrected chi connectivity index (χ3v) is 4.15. The van der Waals surface area contributed by atoms with Gasteiger partial charge in [-0.1, -0.05) is 67.6 Å². The molecule has 0 fully saturated rings. The van der Waals surface area contributed by atoms with Crippen LogP contribution >= 0.6 is 0 Å². The summed E-state index contributed by atoms with van der Waals surface area (Å²) in [6.45, 7) is 3.90. The normalized spacial score (nSPS) is 13.4. The van der Waals surface area contributed by atoms with Crippen molar-refractivity contribution < 1.29 is 9.59 Å². The summed E-state index contributed by atoms with van der Waals surface area (Å²) in [4.78, 5) is 24.9. The summed E-state index contributed by atoms with van der Waals surface area (Å²) < 4.78 is 0. The van der Waals surface area contributed by atoms with E-state index in [1.807, 2.05) is 62.4 Å². The summed E-state index contributed by atoms with van der Waals surface area (Å²) in [5.41, 5.74) is 0.960. The van der Waals surface area contributed by atoms with E-state index in [1.165, 1.54) is 0 Å². The van der Waals surface area contributed by atoms with E-state index < -0.39 is 5.41 Å². The molecule has 0 aliphatic carbocycles. The number of Topliss-reactive ketones (excluding diaryl/α,β-unsaturated/α-hetero) is 2. The zero-order valence-corrected chi connectivity index (χ0v) is 12.5. The van der Waals surface area contributed by atoms with Crippen LogP contribution in [0, 0.1) is 0 Å². The standard InChI is InChI=1S/C19H20O2/c1-3-19(2,16-12-8-5-9-13-16)18(21)14-17(20)15-10-6-4-7-11-15/h4-13H,3,14H2,1-2H3. The minimum atomic E-state index is -0.605. The third kappa shape index (κ3) is 3.27. The van der Waals surface area contributed by atoms with Crippen molar-refractivity contribution in [3.8, 4) is 0 Å². The molecule has 0 aliphatic rings. The molecule has 0 bridgehead atoms. The van der Waals surface area contributed by atoms with Crippen molar-refractivity contribution in [3.63, 3.8) is 0 Å². The first-order valence-corrected chi connectivity index (χ1v) is 7.25. The summed E-state index contributed by atoms with van der Waals surface area (Å²) in [6, 6.07) is 18.7. The summed E-state index contributed by atoms with van der Waals surface area (Å²) in [5.74, 6) is -0.138. The van der Waals surface area contributed by atoms with Crippen LogP contribution < -0.4 is 0 Å². The van der Waals surface area contributed by atoms with Gasteiger partial charge in [-0.2, -0.15) is 0 Å². The average molecular weight is 280 g/mol. The molecule has 0 amide bonds. The Kier molecular flexibility index (Phi) is 4.69. The lowest BCUT2D eigenvalue weighted by Crippen LogP contribution is -2.33. The van der Waals surface area contributed by atoms with E-state index >= 15 is 0 Å². The zero-order valence-electron chi connectivity index (χ0n) is 12.5. The summed E-state index contributed by atoms with van der Waals surface area (Å²) >= 11 is 0. The fourth-order valence-corrected chi connectivity index (χ4v) is 2.44. The zero-order chi connectivity index (χ0) is 15.3. The van der Waals surface area contributed by atoms with E-state index in [0.717, 1.165) is 5.56 Å². The molecule has 2 nitrogen and oxygen atoms in total. The van der Waals surface area contributed by atoms with Gasteiger partial charge in [-0.15, -0.1) is 0 Å². The fourth-order valence-electron chi connectivity index (χ4n) is 2.44. The topological polar surface area (TPSA) is 34.1 Å². The van der Waals surface area contributed by atoms with Gasteiger partial charge in [0.25, 0.3) is 0 Å². The molecule has 0 saturated heterocycles. The van der Waals surface area contributed by atoms with Gasteiger partial charge >= 0.3 is 0 Å². The summed E-state index contributed by atoms with van der Waals surface area (Å²) in [6.07, 6.45) is 0.626. The lowest BCUT2D eigenvalue weighted by molar-refractivity contribution is -0.123. The van der Waals surface area contributed by atoms with Crippen LogP contribution in [0.5, 0.6) is 0 Å². The Morgan fingerprint density at radius 1 is 0.905 bits per heavy atom. The van der Waals surface area contributed by atoms with Gasteiger partial charge in [0.1, 0.15) is 0 Å². The monoisotopic (exact) mass is 280 g/mol. The van der Waals surface area contributed by atoms with Crippen LogP contribution in [0.4, 0.5) is 0 Å². The number of benzene rings is 2. The highest BCUT2D eigenvalue weighted by molar-refractivity contribution is 6.10. The minimum Gasteiger partial charge on any atom is -0.298 e. The molecule has 0 N–H and O–H groups in total. The van der Waals surface area contributed by atoms with E-state index in [2.05, 4.69) is 0 Å². The van der Waals surface area contributed by atoms with Crippen LogP contribution in [0.15, 0.2) is 60.7 Å². The number of ketones is 2. The van der Waals surface area contributed by atoms with Crippen LogP contribution in [-0.4, -0.2) is 11.6 Å². The lowest BCUT2D eigenvalue weighted by atomic mass is 9.74. The first-order chi connectivity index (χ1) is 10.1. The van der Waals surface area contributed by atoms with Crippen molar-refractivity contribution in [1.82, 2.24) is 0 Å². The lowest BCUT2D eigenvalue weighted by Gasteiger charge is -2.27. The van der Waals surface area contributed by atoms with Gasteiger partial charge in [0, 0.05) is 5.56 Å². The summed E-state index contributed by atoms with van der Waals surface area (Å²) in [5, 5.41) is 0. The number of rotatable bonds is 6. The number of hydrogen-bond acceptors (Lipinski definition) is 2. The molecule has 2 heteroatoms. The predicted molar refractivity (Wildman–Crippen MR) is 84.5 cm³/mol. The molecule has 108 valence electrons. The van der Waals surface area contributed by atoms with E-state index in [9.17, 15) is 9.59 Å². The molecule has 2 aromatic rings. The van der Waals surface area contributed by atoms with Crippen molar-refractivity contribution in [2.75, 3.05) is 0 Å². The number of carbonyl (C=O) groups excluding carboxylic acids is 2. The van der Waals surface area contributed by atoms with Crippen molar-refractivity contribution in [1.29, 1.82) is 0 Å². The number of hydrogen-bond donors (Lipinski definition) is 0. The van der Waals surface area contributed by atoms with Crippen molar-refractivity contribution >= 4 is 11.6 Å². The predicted octanol–water partition coefficient (Wildman–Crippen LogP) is 4.20. The van der Waals surface area contributed by atoms with E-state index in [0.29, 0.717) is 12.0 Å². The maximum atomic E-state index is 12.7. The first kappa shape index (κ1) is 15.2. The second-order valence-electron chi connectivity index (χ2n) is 5.44. The smallest absolute Gasteiger partial charge is 0.170 e. The van der Waals surface area contributed by atoms with Gasteiger partial charge in [-0.25, -0.2) is 0 Å². The van der Waals surface area contributed by atoms with Gasteiger partial charge in [-0.3, -0.25) is 9.59 Å². The molecule has 2 rings (SSSR count). The molecular formula is C19H20O2. The maximum Gasteiger partial charge on any atom is 0.170 e. The minimum absolute atomic E-state index is 0.0231. The highest BCUT2D eigenvalue weighted by atomic mass is 16.1. The third-order valence-electron chi connectivity index (χ3n) is 4.15.